The van der Waals surface area contributed by atoms with Gasteiger partial charge in [-0.15, -0.1) is 0 Å². The Morgan fingerprint density at radius 3 is 2.84 bits per heavy atom. The van der Waals surface area contributed by atoms with E-state index in [0.717, 1.165) is 54.3 Å². The van der Waals surface area contributed by atoms with Gasteiger partial charge in [0, 0.05) is 30.5 Å². The Kier molecular flexibility index (Phi) is 4.40. The van der Waals surface area contributed by atoms with Crippen LogP contribution in [0.2, 0.25) is 0 Å². The lowest BCUT2D eigenvalue weighted by Gasteiger charge is -2.15. The first-order chi connectivity index (χ1) is 12.2. The molecule has 0 unspecified atom stereocenters. The summed E-state index contributed by atoms with van der Waals surface area (Å²) < 4.78 is 7.64. The number of rotatable bonds is 5. The quantitative estimate of drug-likeness (QED) is 0.762. The fourth-order valence-corrected chi connectivity index (χ4v) is 3.25. The molecule has 0 bridgehead atoms. The monoisotopic (exact) mass is 336 g/mol. The highest BCUT2D eigenvalue weighted by Crippen LogP contribution is 2.27. The van der Waals surface area contributed by atoms with Gasteiger partial charge in [-0.1, -0.05) is 44.2 Å². The van der Waals surface area contributed by atoms with Crippen LogP contribution in [0.15, 0.2) is 42.6 Å². The van der Waals surface area contributed by atoms with Gasteiger partial charge in [0.25, 0.3) is 0 Å². The molecular weight excluding hydrogens is 312 g/mol. The summed E-state index contributed by atoms with van der Waals surface area (Å²) >= 11 is 0. The van der Waals surface area contributed by atoms with Crippen LogP contribution < -0.4 is 5.32 Å². The summed E-state index contributed by atoms with van der Waals surface area (Å²) in [5, 5.41) is 8.12. The van der Waals surface area contributed by atoms with Crippen molar-refractivity contribution in [2.45, 2.75) is 38.7 Å². The lowest BCUT2D eigenvalue weighted by atomic mass is 10.1. The van der Waals surface area contributed by atoms with E-state index in [1.807, 2.05) is 28.9 Å². The van der Waals surface area contributed by atoms with E-state index in [1.54, 1.807) is 0 Å². The standard InChI is InChI=1S/C20H24N4O/c1-14(2)18-11-19(21-12-16-9-6-10-25-16)24-20(23-18)17(13-22-24)15-7-4-3-5-8-15/h3-5,7-8,11,13-14,16,21H,6,9-10,12H2,1-2H3/t16-/m0/s1. The maximum absolute atomic E-state index is 5.73. The van der Waals surface area contributed by atoms with Gasteiger partial charge < -0.3 is 10.1 Å². The van der Waals surface area contributed by atoms with Crippen molar-refractivity contribution in [3.8, 4) is 11.1 Å². The lowest BCUT2D eigenvalue weighted by molar-refractivity contribution is 0.120. The molecule has 130 valence electrons. The van der Waals surface area contributed by atoms with Crippen molar-refractivity contribution in [3.05, 3.63) is 48.3 Å². The van der Waals surface area contributed by atoms with Crippen LogP contribution in [0.4, 0.5) is 5.82 Å². The van der Waals surface area contributed by atoms with Crippen molar-refractivity contribution in [1.82, 2.24) is 14.6 Å². The Morgan fingerprint density at radius 2 is 2.12 bits per heavy atom. The zero-order valence-corrected chi connectivity index (χ0v) is 14.8. The van der Waals surface area contributed by atoms with Gasteiger partial charge in [0.15, 0.2) is 5.65 Å². The molecule has 1 aromatic carbocycles. The Balaban J connectivity index is 1.75. The molecule has 0 spiro atoms. The SMILES string of the molecule is CC(C)c1cc(NC[C@@H]2CCCO2)n2ncc(-c3ccccc3)c2n1. The fraction of sp³-hybridized carbons (Fsp3) is 0.400. The van der Waals surface area contributed by atoms with Crippen LogP contribution in [-0.2, 0) is 4.74 Å². The van der Waals surface area contributed by atoms with Crippen molar-refractivity contribution in [3.63, 3.8) is 0 Å². The molecule has 25 heavy (non-hydrogen) atoms. The number of nitrogens with zero attached hydrogens (tertiary/aromatic N) is 3. The Morgan fingerprint density at radius 1 is 1.28 bits per heavy atom. The van der Waals surface area contributed by atoms with Crippen molar-refractivity contribution in [1.29, 1.82) is 0 Å². The van der Waals surface area contributed by atoms with Gasteiger partial charge in [0.2, 0.25) is 0 Å². The van der Waals surface area contributed by atoms with Crippen molar-refractivity contribution in [2.24, 2.45) is 0 Å². The first kappa shape index (κ1) is 16.1. The van der Waals surface area contributed by atoms with E-state index < -0.39 is 0 Å². The molecule has 3 heterocycles. The van der Waals surface area contributed by atoms with Crippen LogP contribution in [0.3, 0.4) is 0 Å². The predicted octanol–water partition coefficient (Wildman–Crippen LogP) is 4.11. The molecule has 1 aliphatic heterocycles. The molecule has 0 aliphatic carbocycles. The summed E-state index contributed by atoms with van der Waals surface area (Å²) in [5.41, 5.74) is 4.16. The highest BCUT2D eigenvalue weighted by molar-refractivity contribution is 5.78. The van der Waals surface area contributed by atoms with Crippen LogP contribution in [0, 0.1) is 0 Å². The number of anilines is 1. The molecule has 5 heteroatoms. The molecule has 5 nitrogen and oxygen atoms in total. The van der Waals surface area contributed by atoms with E-state index in [1.165, 1.54) is 0 Å². The number of hydrogen-bond donors (Lipinski definition) is 1. The van der Waals surface area contributed by atoms with Gasteiger partial charge in [-0.05, 0) is 24.3 Å². The second kappa shape index (κ2) is 6.84. The number of aromatic nitrogens is 3. The molecule has 1 aliphatic rings. The van der Waals surface area contributed by atoms with Crippen LogP contribution >= 0.6 is 0 Å². The van der Waals surface area contributed by atoms with E-state index in [0.29, 0.717) is 5.92 Å². The van der Waals surface area contributed by atoms with E-state index in [-0.39, 0.29) is 6.10 Å². The number of nitrogens with one attached hydrogen (secondary N) is 1. The van der Waals surface area contributed by atoms with E-state index in [2.05, 4.69) is 42.5 Å². The maximum Gasteiger partial charge on any atom is 0.165 e. The maximum atomic E-state index is 5.73. The fourth-order valence-electron chi connectivity index (χ4n) is 3.25. The summed E-state index contributed by atoms with van der Waals surface area (Å²) in [6, 6.07) is 12.4. The predicted molar refractivity (Wildman–Crippen MR) is 100.0 cm³/mol. The third-order valence-electron chi connectivity index (χ3n) is 4.70. The van der Waals surface area contributed by atoms with Gasteiger partial charge in [0.1, 0.15) is 5.82 Å². The second-order valence-electron chi connectivity index (χ2n) is 6.90. The van der Waals surface area contributed by atoms with Crippen LogP contribution in [0.5, 0.6) is 0 Å². The molecule has 2 aromatic heterocycles. The minimum atomic E-state index is 0.287. The molecule has 1 N–H and O–H groups in total. The molecular formula is C20H24N4O. The first-order valence-corrected chi connectivity index (χ1v) is 9.02. The lowest BCUT2D eigenvalue weighted by Crippen LogP contribution is -2.20. The Labute approximate surface area is 148 Å². The molecule has 0 saturated carbocycles. The molecule has 0 radical (unpaired) electrons. The molecule has 1 fully saturated rings. The highest BCUT2D eigenvalue weighted by Gasteiger charge is 2.18. The smallest absolute Gasteiger partial charge is 0.165 e. The zero-order valence-electron chi connectivity index (χ0n) is 14.8. The third-order valence-corrected chi connectivity index (χ3v) is 4.70. The highest BCUT2D eigenvalue weighted by atomic mass is 16.5. The van der Waals surface area contributed by atoms with Gasteiger partial charge in [0.05, 0.1) is 12.3 Å². The van der Waals surface area contributed by atoms with E-state index in [4.69, 9.17) is 9.72 Å². The van der Waals surface area contributed by atoms with Gasteiger partial charge in [-0.25, -0.2) is 4.98 Å². The molecule has 1 atom stereocenters. The molecule has 0 amide bonds. The summed E-state index contributed by atoms with van der Waals surface area (Å²) in [4.78, 5) is 4.88. The van der Waals surface area contributed by atoms with E-state index in [9.17, 15) is 0 Å². The number of benzene rings is 1. The average Bonchev–Trinajstić information content (AvgIpc) is 3.29. The largest absolute Gasteiger partial charge is 0.376 e. The topological polar surface area (TPSA) is 51.5 Å². The van der Waals surface area contributed by atoms with Crippen molar-refractivity contribution in [2.75, 3.05) is 18.5 Å². The van der Waals surface area contributed by atoms with Gasteiger partial charge >= 0.3 is 0 Å². The van der Waals surface area contributed by atoms with Crippen molar-refractivity contribution < 1.29 is 4.74 Å². The van der Waals surface area contributed by atoms with Gasteiger partial charge in [-0.2, -0.15) is 9.61 Å². The van der Waals surface area contributed by atoms with E-state index >= 15 is 0 Å². The summed E-state index contributed by atoms with van der Waals surface area (Å²) in [7, 11) is 0. The normalized spacial score (nSPS) is 17.5. The second-order valence-corrected chi connectivity index (χ2v) is 6.90. The van der Waals surface area contributed by atoms with Crippen molar-refractivity contribution >= 4 is 11.5 Å². The molecule has 4 rings (SSSR count). The summed E-state index contributed by atoms with van der Waals surface area (Å²) in [6.45, 7) is 6.01. The van der Waals surface area contributed by atoms with Crippen LogP contribution in [0.1, 0.15) is 38.3 Å². The van der Waals surface area contributed by atoms with Gasteiger partial charge in [-0.3, -0.25) is 0 Å². The number of hydrogen-bond acceptors (Lipinski definition) is 4. The first-order valence-electron chi connectivity index (χ1n) is 9.02. The average molecular weight is 336 g/mol. The molecule has 3 aromatic rings. The number of fused-ring (bicyclic) bond motifs is 1. The minimum Gasteiger partial charge on any atom is -0.376 e. The Bertz CT molecular complexity index is 851. The number of ether oxygens (including phenoxy) is 1. The summed E-state index contributed by atoms with van der Waals surface area (Å²) in [5.74, 6) is 1.33. The third kappa shape index (κ3) is 3.24. The summed E-state index contributed by atoms with van der Waals surface area (Å²) in [6.07, 6.45) is 4.45. The van der Waals surface area contributed by atoms with Crippen LogP contribution in [0.25, 0.3) is 16.8 Å². The van der Waals surface area contributed by atoms with Crippen LogP contribution in [-0.4, -0.2) is 33.9 Å². The molecule has 1 saturated heterocycles. The minimum absolute atomic E-state index is 0.287. The Hall–Kier alpha value is -2.40. The zero-order chi connectivity index (χ0) is 17.2.